The van der Waals surface area contributed by atoms with E-state index >= 15 is 0 Å². The zero-order valence-corrected chi connectivity index (χ0v) is 12.6. The van der Waals surface area contributed by atoms with Crippen LogP contribution in [-0.2, 0) is 11.2 Å². The number of nitrogens with zero attached hydrogens (tertiary/aromatic N) is 1. The van der Waals surface area contributed by atoms with Crippen molar-refractivity contribution in [2.45, 2.75) is 38.3 Å². The molecule has 0 saturated carbocycles. The molecule has 1 saturated heterocycles. The molecule has 4 N–H and O–H groups in total. The van der Waals surface area contributed by atoms with Crippen LogP contribution < -0.4 is 11.1 Å². The Morgan fingerprint density at radius 1 is 1.38 bits per heavy atom. The molecular formula is C16H25N3O2. The average Bonchev–Trinajstić information content (AvgIpc) is 2.43. The molecule has 1 aliphatic rings. The maximum atomic E-state index is 10.9. The van der Waals surface area contributed by atoms with E-state index in [-0.39, 0.29) is 5.91 Å². The van der Waals surface area contributed by atoms with Crippen LogP contribution in [0.4, 0.5) is 0 Å². The highest BCUT2D eigenvalue weighted by molar-refractivity contribution is 5.75. The van der Waals surface area contributed by atoms with Gasteiger partial charge in [0.05, 0.1) is 6.54 Å². The first-order chi connectivity index (χ1) is 10.0. The second-order valence-corrected chi connectivity index (χ2v) is 5.96. The Bertz CT molecular complexity index is 453. The largest absolute Gasteiger partial charge is 0.508 e. The monoisotopic (exact) mass is 291 g/mol. The van der Waals surface area contributed by atoms with Crippen LogP contribution in [0.2, 0.25) is 0 Å². The highest BCUT2D eigenvalue weighted by Crippen LogP contribution is 2.14. The van der Waals surface area contributed by atoms with Crippen molar-refractivity contribution in [2.24, 2.45) is 5.73 Å². The predicted molar refractivity (Wildman–Crippen MR) is 83.1 cm³/mol. The van der Waals surface area contributed by atoms with Gasteiger partial charge in [-0.2, -0.15) is 0 Å². The first kappa shape index (κ1) is 15.8. The molecular weight excluding hydrogens is 266 g/mol. The fourth-order valence-electron chi connectivity index (χ4n) is 2.93. The molecule has 1 unspecified atom stereocenters. The highest BCUT2D eigenvalue weighted by Gasteiger charge is 2.21. The minimum absolute atomic E-state index is 0.248. The highest BCUT2D eigenvalue weighted by atomic mass is 16.3. The standard InChI is InChI=1S/C16H25N3O2/c1-12(10-13-2-4-15(20)5-3-13)18-14-6-8-19(9-7-14)11-16(17)21/h2-5,12,14,18,20H,6-11H2,1H3,(H2,17,21). The third-order valence-electron chi connectivity index (χ3n) is 3.97. The quantitative estimate of drug-likeness (QED) is 0.726. The summed E-state index contributed by atoms with van der Waals surface area (Å²) in [5.74, 6) is 0.0586. The van der Waals surface area contributed by atoms with Crippen molar-refractivity contribution in [3.05, 3.63) is 29.8 Å². The average molecular weight is 291 g/mol. The Hall–Kier alpha value is -1.59. The van der Waals surface area contributed by atoms with Crippen molar-refractivity contribution in [3.63, 3.8) is 0 Å². The van der Waals surface area contributed by atoms with Gasteiger partial charge in [-0.25, -0.2) is 0 Å². The van der Waals surface area contributed by atoms with Crippen LogP contribution in [0.1, 0.15) is 25.3 Å². The molecule has 0 spiro atoms. The summed E-state index contributed by atoms with van der Waals surface area (Å²) in [6.45, 7) is 4.40. The van der Waals surface area contributed by atoms with Crippen molar-refractivity contribution in [1.29, 1.82) is 0 Å². The molecule has 5 nitrogen and oxygen atoms in total. The summed E-state index contributed by atoms with van der Waals surface area (Å²) in [5, 5.41) is 12.9. The van der Waals surface area contributed by atoms with Crippen LogP contribution in [0.15, 0.2) is 24.3 Å². The van der Waals surface area contributed by atoms with E-state index in [9.17, 15) is 9.90 Å². The summed E-state index contributed by atoms with van der Waals surface area (Å²) in [6.07, 6.45) is 3.04. The number of phenols is 1. The van der Waals surface area contributed by atoms with Crippen molar-refractivity contribution in [1.82, 2.24) is 10.2 Å². The second kappa shape index (κ2) is 7.43. The molecule has 1 aromatic rings. The van der Waals surface area contributed by atoms with Crippen molar-refractivity contribution < 1.29 is 9.90 Å². The number of amides is 1. The van der Waals surface area contributed by atoms with Crippen molar-refractivity contribution in [2.75, 3.05) is 19.6 Å². The number of carbonyl (C=O) groups excluding carboxylic acids is 1. The van der Waals surface area contributed by atoms with Gasteiger partial charge in [-0.05, 0) is 43.9 Å². The van der Waals surface area contributed by atoms with Crippen LogP contribution in [0.25, 0.3) is 0 Å². The zero-order valence-electron chi connectivity index (χ0n) is 12.6. The summed E-state index contributed by atoms with van der Waals surface area (Å²) < 4.78 is 0. The van der Waals surface area contributed by atoms with Gasteiger partial charge in [0.15, 0.2) is 0 Å². The van der Waals surface area contributed by atoms with Gasteiger partial charge in [0.25, 0.3) is 0 Å². The van der Waals surface area contributed by atoms with E-state index in [0.717, 1.165) is 32.4 Å². The van der Waals surface area contributed by atoms with E-state index in [1.165, 1.54) is 5.56 Å². The van der Waals surface area contributed by atoms with E-state index in [1.807, 2.05) is 12.1 Å². The molecule has 0 aromatic heterocycles. The lowest BCUT2D eigenvalue weighted by Crippen LogP contribution is -2.47. The van der Waals surface area contributed by atoms with Crippen molar-refractivity contribution >= 4 is 5.91 Å². The molecule has 5 heteroatoms. The molecule has 0 aliphatic carbocycles. The molecule has 1 aliphatic heterocycles. The van der Waals surface area contributed by atoms with Gasteiger partial charge in [-0.15, -0.1) is 0 Å². The Balaban J connectivity index is 1.72. The Morgan fingerprint density at radius 2 is 2.00 bits per heavy atom. The number of phenolic OH excluding ortho intramolecular Hbond substituents is 1. The normalized spacial score (nSPS) is 18.5. The van der Waals surface area contributed by atoms with Gasteiger partial charge in [0.1, 0.15) is 5.75 Å². The molecule has 116 valence electrons. The Labute approximate surface area is 126 Å². The van der Waals surface area contributed by atoms with Crippen LogP contribution in [-0.4, -0.2) is 47.6 Å². The first-order valence-corrected chi connectivity index (χ1v) is 7.57. The Kier molecular flexibility index (Phi) is 5.59. The molecule has 1 aromatic carbocycles. The number of rotatable bonds is 6. The van der Waals surface area contributed by atoms with Crippen LogP contribution in [0.5, 0.6) is 5.75 Å². The number of hydrogen-bond acceptors (Lipinski definition) is 4. The summed E-state index contributed by atoms with van der Waals surface area (Å²) in [7, 11) is 0. The lowest BCUT2D eigenvalue weighted by atomic mass is 10.0. The fraction of sp³-hybridized carbons (Fsp3) is 0.562. The number of primary amides is 1. The Morgan fingerprint density at radius 3 is 2.57 bits per heavy atom. The molecule has 0 radical (unpaired) electrons. The maximum absolute atomic E-state index is 10.9. The topological polar surface area (TPSA) is 78.6 Å². The van der Waals surface area contributed by atoms with E-state index in [1.54, 1.807) is 12.1 Å². The number of nitrogens with two attached hydrogens (primary N) is 1. The molecule has 1 atom stereocenters. The fourth-order valence-corrected chi connectivity index (χ4v) is 2.93. The van der Waals surface area contributed by atoms with E-state index in [2.05, 4.69) is 17.1 Å². The number of carbonyl (C=O) groups is 1. The van der Waals surface area contributed by atoms with Gasteiger partial charge in [0.2, 0.25) is 5.91 Å². The summed E-state index contributed by atoms with van der Waals surface area (Å²) >= 11 is 0. The molecule has 1 amide bonds. The summed E-state index contributed by atoms with van der Waals surface area (Å²) in [4.78, 5) is 13.0. The zero-order chi connectivity index (χ0) is 15.2. The van der Waals surface area contributed by atoms with Crippen molar-refractivity contribution in [3.8, 4) is 5.75 Å². The predicted octanol–water partition coefficient (Wildman–Crippen LogP) is 0.862. The molecule has 1 fully saturated rings. The van der Waals surface area contributed by atoms with Crippen LogP contribution in [0, 0.1) is 0 Å². The van der Waals surface area contributed by atoms with Crippen LogP contribution >= 0.6 is 0 Å². The smallest absolute Gasteiger partial charge is 0.231 e. The molecule has 1 heterocycles. The SMILES string of the molecule is CC(Cc1ccc(O)cc1)NC1CCN(CC(N)=O)CC1. The molecule has 0 bridgehead atoms. The minimum atomic E-state index is -0.248. The van der Waals surface area contributed by atoms with E-state index in [4.69, 9.17) is 5.73 Å². The molecule has 2 rings (SSSR count). The number of benzene rings is 1. The summed E-state index contributed by atoms with van der Waals surface area (Å²) in [6, 6.07) is 8.27. The number of piperidine rings is 1. The third-order valence-corrected chi connectivity index (χ3v) is 3.97. The van der Waals surface area contributed by atoms with E-state index in [0.29, 0.717) is 24.4 Å². The lowest BCUT2D eigenvalue weighted by Gasteiger charge is -2.33. The number of hydrogen-bond donors (Lipinski definition) is 3. The lowest BCUT2D eigenvalue weighted by molar-refractivity contribution is -0.119. The van der Waals surface area contributed by atoms with Gasteiger partial charge >= 0.3 is 0 Å². The number of nitrogens with one attached hydrogen (secondary N) is 1. The number of aromatic hydroxyl groups is 1. The molecule has 21 heavy (non-hydrogen) atoms. The first-order valence-electron chi connectivity index (χ1n) is 7.57. The van der Waals surface area contributed by atoms with E-state index < -0.39 is 0 Å². The van der Waals surface area contributed by atoms with Gasteiger partial charge in [-0.3, -0.25) is 9.69 Å². The maximum Gasteiger partial charge on any atom is 0.231 e. The number of likely N-dealkylation sites (tertiary alicyclic amines) is 1. The third kappa shape index (κ3) is 5.36. The second-order valence-electron chi connectivity index (χ2n) is 5.96. The van der Waals surface area contributed by atoms with Gasteiger partial charge < -0.3 is 16.2 Å². The van der Waals surface area contributed by atoms with Crippen LogP contribution in [0.3, 0.4) is 0 Å². The summed E-state index contributed by atoms with van der Waals surface area (Å²) in [5.41, 5.74) is 6.44. The minimum Gasteiger partial charge on any atom is -0.508 e. The van der Waals surface area contributed by atoms with Gasteiger partial charge in [0, 0.05) is 25.2 Å². The van der Waals surface area contributed by atoms with Gasteiger partial charge in [-0.1, -0.05) is 12.1 Å².